The molecular formula is C19H26N2O2. The van der Waals surface area contributed by atoms with Crippen LogP contribution in [0.3, 0.4) is 0 Å². The van der Waals surface area contributed by atoms with Gasteiger partial charge in [-0.1, -0.05) is 31.7 Å². The van der Waals surface area contributed by atoms with Crippen LogP contribution >= 0.6 is 0 Å². The lowest BCUT2D eigenvalue weighted by atomic mass is 10.0. The average Bonchev–Trinajstić information content (AvgIpc) is 3.19. The maximum absolute atomic E-state index is 12.2. The minimum atomic E-state index is 0.0828. The largest absolute Gasteiger partial charge is 0.326 e. The maximum atomic E-state index is 12.2. The van der Waals surface area contributed by atoms with Crippen LogP contribution in [0.1, 0.15) is 56.9 Å². The zero-order valence-electron chi connectivity index (χ0n) is 13.9. The van der Waals surface area contributed by atoms with E-state index in [1.165, 1.54) is 25.7 Å². The van der Waals surface area contributed by atoms with E-state index in [9.17, 15) is 9.59 Å². The number of carbonyl (C=O) groups excluding carboxylic acids is 2. The predicted octanol–water partition coefficient (Wildman–Crippen LogP) is 4.03. The van der Waals surface area contributed by atoms with Gasteiger partial charge >= 0.3 is 0 Å². The Bertz CT molecular complexity index is 591. The number of amides is 2. The van der Waals surface area contributed by atoms with E-state index in [4.69, 9.17) is 0 Å². The fourth-order valence-electron chi connectivity index (χ4n) is 3.74. The molecule has 2 fully saturated rings. The first-order valence-electron chi connectivity index (χ1n) is 8.84. The summed E-state index contributed by atoms with van der Waals surface area (Å²) in [6.45, 7) is 2.78. The van der Waals surface area contributed by atoms with Crippen LogP contribution in [0.25, 0.3) is 0 Å². The third kappa shape index (κ3) is 3.92. The molecule has 0 unspecified atom stereocenters. The van der Waals surface area contributed by atoms with E-state index < -0.39 is 0 Å². The number of carbonyl (C=O) groups is 2. The van der Waals surface area contributed by atoms with Crippen molar-refractivity contribution in [2.45, 2.75) is 58.3 Å². The second-order valence-electron chi connectivity index (χ2n) is 6.89. The summed E-state index contributed by atoms with van der Waals surface area (Å²) in [5, 5.41) is 2.99. The van der Waals surface area contributed by atoms with Crippen LogP contribution in [-0.2, 0) is 9.59 Å². The highest BCUT2D eigenvalue weighted by atomic mass is 16.2. The zero-order chi connectivity index (χ0) is 16.2. The average molecular weight is 314 g/mol. The van der Waals surface area contributed by atoms with Crippen LogP contribution in [0.5, 0.6) is 0 Å². The fourth-order valence-corrected chi connectivity index (χ4v) is 3.74. The highest BCUT2D eigenvalue weighted by Crippen LogP contribution is 2.30. The summed E-state index contributed by atoms with van der Waals surface area (Å²) in [5.41, 5.74) is 2.80. The molecule has 1 aromatic rings. The summed E-state index contributed by atoms with van der Waals surface area (Å²) >= 11 is 0. The molecule has 3 rings (SSSR count). The minimum absolute atomic E-state index is 0.0828. The van der Waals surface area contributed by atoms with Gasteiger partial charge < -0.3 is 10.2 Å². The second kappa shape index (κ2) is 7.16. The highest BCUT2D eigenvalue weighted by molar-refractivity contribution is 5.97. The van der Waals surface area contributed by atoms with Crippen LogP contribution in [0.15, 0.2) is 18.2 Å². The Morgan fingerprint density at radius 2 is 2.04 bits per heavy atom. The van der Waals surface area contributed by atoms with E-state index in [1.54, 1.807) is 0 Å². The van der Waals surface area contributed by atoms with Gasteiger partial charge in [0.15, 0.2) is 0 Å². The summed E-state index contributed by atoms with van der Waals surface area (Å²) in [7, 11) is 0. The summed E-state index contributed by atoms with van der Waals surface area (Å²) in [5.74, 6) is 0.994. The Kier molecular flexibility index (Phi) is 4.99. The van der Waals surface area contributed by atoms with Gasteiger partial charge in [0, 0.05) is 30.8 Å². The van der Waals surface area contributed by atoms with E-state index in [1.807, 2.05) is 30.0 Å². The molecule has 1 heterocycles. The van der Waals surface area contributed by atoms with E-state index in [2.05, 4.69) is 5.32 Å². The van der Waals surface area contributed by atoms with Crippen molar-refractivity contribution in [1.29, 1.82) is 0 Å². The molecule has 1 N–H and O–H groups in total. The second-order valence-corrected chi connectivity index (χ2v) is 6.89. The van der Waals surface area contributed by atoms with Gasteiger partial charge in [0.2, 0.25) is 11.8 Å². The smallest absolute Gasteiger partial charge is 0.227 e. The van der Waals surface area contributed by atoms with E-state index in [0.717, 1.165) is 42.2 Å². The molecule has 0 atom stereocenters. The van der Waals surface area contributed by atoms with Crippen molar-refractivity contribution in [2.75, 3.05) is 16.8 Å². The van der Waals surface area contributed by atoms with Crippen molar-refractivity contribution in [3.63, 3.8) is 0 Å². The first-order chi connectivity index (χ1) is 11.1. The molecule has 4 heteroatoms. The number of hydrogen-bond donors (Lipinski definition) is 1. The predicted molar refractivity (Wildman–Crippen MR) is 92.6 cm³/mol. The monoisotopic (exact) mass is 314 g/mol. The molecule has 0 bridgehead atoms. The highest BCUT2D eigenvalue weighted by Gasteiger charge is 2.23. The van der Waals surface area contributed by atoms with Crippen LogP contribution < -0.4 is 10.2 Å². The molecule has 2 aliphatic rings. The number of hydrogen-bond acceptors (Lipinski definition) is 2. The van der Waals surface area contributed by atoms with Crippen molar-refractivity contribution in [3.8, 4) is 0 Å². The summed E-state index contributed by atoms with van der Waals surface area (Å²) in [6.07, 6.45) is 8.31. The van der Waals surface area contributed by atoms with Gasteiger partial charge in [-0.05, 0) is 43.4 Å². The van der Waals surface area contributed by atoms with Gasteiger partial charge in [-0.3, -0.25) is 9.59 Å². The van der Waals surface area contributed by atoms with Gasteiger partial charge in [0.25, 0.3) is 0 Å². The zero-order valence-corrected chi connectivity index (χ0v) is 13.9. The molecule has 23 heavy (non-hydrogen) atoms. The summed E-state index contributed by atoms with van der Waals surface area (Å²) in [4.78, 5) is 25.9. The summed E-state index contributed by atoms with van der Waals surface area (Å²) in [6, 6.07) is 5.84. The minimum Gasteiger partial charge on any atom is -0.326 e. The Labute approximate surface area is 138 Å². The molecule has 2 amide bonds. The number of aryl methyl sites for hydroxylation is 1. The number of benzene rings is 1. The number of nitrogens with zero attached hydrogens (tertiary/aromatic N) is 1. The number of rotatable bonds is 5. The molecule has 1 aliphatic carbocycles. The lowest BCUT2D eigenvalue weighted by Gasteiger charge is -2.19. The first kappa shape index (κ1) is 16.0. The van der Waals surface area contributed by atoms with Gasteiger partial charge in [0.05, 0.1) is 0 Å². The molecule has 1 saturated heterocycles. The van der Waals surface area contributed by atoms with Crippen molar-refractivity contribution in [2.24, 2.45) is 5.92 Å². The van der Waals surface area contributed by atoms with E-state index >= 15 is 0 Å². The molecule has 0 aromatic heterocycles. The Hall–Kier alpha value is -1.84. The maximum Gasteiger partial charge on any atom is 0.227 e. The van der Waals surface area contributed by atoms with Crippen LogP contribution in [-0.4, -0.2) is 18.4 Å². The van der Waals surface area contributed by atoms with Gasteiger partial charge in [-0.25, -0.2) is 0 Å². The van der Waals surface area contributed by atoms with Gasteiger partial charge in [-0.15, -0.1) is 0 Å². The lowest BCUT2D eigenvalue weighted by molar-refractivity contribution is -0.117. The van der Waals surface area contributed by atoms with Crippen LogP contribution in [0.4, 0.5) is 11.4 Å². The first-order valence-corrected chi connectivity index (χ1v) is 8.84. The van der Waals surface area contributed by atoms with Gasteiger partial charge in [-0.2, -0.15) is 0 Å². The third-order valence-corrected chi connectivity index (χ3v) is 5.11. The lowest BCUT2D eigenvalue weighted by Crippen LogP contribution is -2.24. The van der Waals surface area contributed by atoms with Crippen LogP contribution in [0.2, 0.25) is 0 Å². The molecular weight excluding hydrogens is 288 g/mol. The van der Waals surface area contributed by atoms with Crippen LogP contribution in [0, 0.1) is 12.8 Å². The molecule has 1 saturated carbocycles. The summed E-state index contributed by atoms with van der Waals surface area (Å²) < 4.78 is 0. The standard InChI is InChI=1S/C19H26N2O2/c1-14-8-10-16(13-17(14)21-12-4-7-19(21)23)20-18(22)11-9-15-5-2-3-6-15/h8,10,13,15H,2-7,9,11-12H2,1H3,(H,20,22). The third-order valence-electron chi connectivity index (χ3n) is 5.11. The Morgan fingerprint density at radius 1 is 1.26 bits per heavy atom. The normalized spacial score (nSPS) is 18.7. The van der Waals surface area contributed by atoms with Crippen molar-refractivity contribution in [1.82, 2.24) is 0 Å². The van der Waals surface area contributed by atoms with E-state index in [-0.39, 0.29) is 11.8 Å². The van der Waals surface area contributed by atoms with Crippen molar-refractivity contribution >= 4 is 23.2 Å². The molecule has 0 spiro atoms. The molecule has 1 aliphatic heterocycles. The molecule has 1 aromatic carbocycles. The van der Waals surface area contributed by atoms with Crippen molar-refractivity contribution < 1.29 is 9.59 Å². The molecule has 0 radical (unpaired) electrons. The van der Waals surface area contributed by atoms with Crippen molar-refractivity contribution in [3.05, 3.63) is 23.8 Å². The Balaban J connectivity index is 1.61. The SMILES string of the molecule is Cc1ccc(NC(=O)CCC2CCCC2)cc1N1CCCC1=O. The fraction of sp³-hybridized carbons (Fsp3) is 0.579. The van der Waals surface area contributed by atoms with E-state index in [0.29, 0.717) is 12.8 Å². The topological polar surface area (TPSA) is 49.4 Å². The Morgan fingerprint density at radius 3 is 2.74 bits per heavy atom. The molecule has 124 valence electrons. The van der Waals surface area contributed by atoms with Gasteiger partial charge in [0.1, 0.15) is 0 Å². The molecule has 4 nitrogen and oxygen atoms in total. The number of nitrogens with one attached hydrogen (secondary N) is 1. The number of anilines is 2. The quantitative estimate of drug-likeness (QED) is 0.892.